The van der Waals surface area contributed by atoms with Crippen molar-refractivity contribution in [2.24, 2.45) is 0 Å². The molecule has 6 nitrogen and oxygen atoms in total. The predicted molar refractivity (Wildman–Crippen MR) is 104 cm³/mol. The molecule has 1 aliphatic rings. The fraction of sp³-hybridized carbons (Fsp3) is 0.190. The van der Waals surface area contributed by atoms with Crippen LogP contribution in [-0.2, 0) is 17.8 Å². The van der Waals surface area contributed by atoms with Crippen LogP contribution < -0.4 is 0 Å². The van der Waals surface area contributed by atoms with Gasteiger partial charge in [0.1, 0.15) is 6.54 Å². The minimum atomic E-state index is -0.421. The zero-order valence-electron chi connectivity index (χ0n) is 15.0. The van der Waals surface area contributed by atoms with E-state index in [1.807, 2.05) is 17.5 Å². The second kappa shape index (κ2) is 7.82. The number of imide groups is 1. The van der Waals surface area contributed by atoms with Gasteiger partial charge in [0.15, 0.2) is 0 Å². The molecular formula is C21H18N2O4S. The molecule has 0 spiro atoms. The Labute approximate surface area is 166 Å². The van der Waals surface area contributed by atoms with E-state index in [0.717, 1.165) is 10.5 Å². The van der Waals surface area contributed by atoms with Crippen LogP contribution in [0.4, 0.5) is 0 Å². The molecule has 4 rings (SSSR count). The monoisotopic (exact) mass is 394 g/mol. The molecule has 3 heterocycles. The van der Waals surface area contributed by atoms with Crippen LogP contribution in [-0.4, -0.2) is 40.6 Å². The first kappa shape index (κ1) is 18.2. The van der Waals surface area contributed by atoms with Gasteiger partial charge in [0.2, 0.25) is 5.91 Å². The van der Waals surface area contributed by atoms with Crippen LogP contribution in [0.25, 0.3) is 0 Å². The fourth-order valence-corrected chi connectivity index (χ4v) is 3.91. The van der Waals surface area contributed by atoms with E-state index >= 15 is 0 Å². The van der Waals surface area contributed by atoms with E-state index in [2.05, 4.69) is 0 Å². The molecule has 0 atom stereocenters. The van der Waals surface area contributed by atoms with Crippen LogP contribution in [0.15, 0.2) is 64.8 Å². The van der Waals surface area contributed by atoms with E-state index in [1.165, 1.54) is 4.88 Å². The molecule has 0 bridgehead atoms. The van der Waals surface area contributed by atoms with Gasteiger partial charge in [0.25, 0.3) is 11.8 Å². The minimum absolute atomic E-state index is 0.269. The molecule has 2 aromatic heterocycles. The molecule has 28 heavy (non-hydrogen) atoms. The molecule has 0 N–H and O–H groups in total. The number of nitrogens with zero attached hydrogens (tertiary/aromatic N) is 2. The Morgan fingerprint density at radius 3 is 2.39 bits per heavy atom. The molecule has 0 unspecified atom stereocenters. The van der Waals surface area contributed by atoms with Crippen LogP contribution in [0.2, 0.25) is 0 Å². The van der Waals surface area contributed by atoms with Gasteiger partial charge in [-0.3, -0.25) is 19.3 Å². The van der Waals surface area contributed by atoms with E-state index in [-0.39, 0.29) is 12.5 Å². The maximum atomic E-state index is 13.0. The Morgan fingerprint density at radius 2 is 1.79 bits per heavy atom. The average molecular weight is 394 g/mol. The first-order valence-corrected chi connectivity index (χ1v) is 9.78. The first-order valence-electron chi connectivity index (χ1n) is 8.90. The molecular weight excluding hydrogens is 376 g/mol. The van der Waals surface area contributed by atoms with E-state index < -0.39 is 11.8 Å². The SMILES string of the molecule is O=C(CN1C(=O)c2ccccc2C1=O)N(CCc1cccs1)Cc1ccoc1. The third-order valence-electron chi connectivity index (χ3n) is 4.69. The van der Waals surface area contributed by atoms with Crippen molar-refractivity contribution in [3.8, 4) is 0 Å². The summed E-state index contributed by atoms with van der Waals surface area (Å²) in [6.45, 7) is 0.589. The Balaban J connectivity index is 1.49. The lowest BCUT2D eigenvalue weighted by atomic mass is 10.1. The number of benzene rings is 1. The van der Waals surface area contributed by atoms with Crippen molar-refractivity contribution < 1.29 is 18.8 Å². The fourth-order valence-electron chi connectivity index (χ4n) is 3.21. The Kier molecular flexibility index (Phi) is 5.08. The summed E-state index contributed by atoms with van der Waals surface area (Å²) < 4.78 is 5.10. The topological polar surface area (TPSA) is 70.8 Å². The van der Waals surface area contributed by atoms with Crippen molar-refractivity contribution in [1.29, 1.82) is 0 Å². The molecule has 3 amide bonds. The highest BCUT2D eigenvalue weighted by molar-refractivity contribution is 7.09. The molecule has 0 saturated heterocycles. The molecule has 1 aliphatic heterocycles. The second-order valence-corrected chi connectivity index (χ2v) is 7.55. The van der Waals surface area contributed by atoms with E-state index in [1.54, 1.807) is 59.1 Å². The largest absolute Gasteiger partial charge is 0.472 e. The number of hydrogen-bond acceptors (Lipinski definition) is 5. The third kappa shape index (κ3) is 3.61. The van der Waals surface area contributed by atoms with Gasteiger partial charge in [-0.2, -0.15) is 0 Å². The minimum Gasteiger partial charge on any atom is -0.472 e. The number of fused-ring (bicyclic) bond motifs is 1. The summed E-state index contributed by atoms with van der Waals surface area (Å²) in [6.07, 6.45) is 3.86. The van der Waals surface area contributed by atoms with Crippen LogP contribution in [0, 0.1) is 0 Å². The lowest BCUT2D eigenvalue weighted by Gasteiger charge is -2.24. The van der Waals surface area contributed by atoms with Crippen molar-refractivity contribution in [1.82, 2.24) is 9.80 Å². The maximum absolute atomic E-state index is 13.0. The number of carbonyl (C=O) groups excluding carboxylic acids is 3. The number of thiophene rings is 1. The average Bonchev–Trinajstić information content (AvgIpc) is 3.45. The van der Waals surface area contributed by atoms with Crippen molar-refractivity contribution in [2.45, 2.75) is 13.0 Å². The molecule has 0 radical (unpaired) electrons. The maximum Gasteiger partial charge on any atom is 0.262 e. The van der Waals surface area contributed by atoms with Crippen molar-refractivity contribution >= 4 is 29.1 Å². The molecule has 0 saturated carbocycles. The van der Waals surface area contributed by atoms with Gasteiger partial charge in [-0.05, 0) is 36.1 Å². The normalized spacial score (nSPS) is 13.1. The van der Waals surface area contributed by atoms with Gasteiger partial charge >= 0.3 is 0 Å². The number of hydrogen-bond donors (Lipinski definition) is 0. The van der Waals surface area contributed by atoms with Crippen molar-refractivity contribution in [2.75, 3.05) is 13.1 Å². The van der Waals surface area contributed by atoms with E-state index in [4.69, 9.17) is 4.42 Å². The summed E-state index contributed by atoms with van der Waals surface area (Å²) in [6, 6.07) is 12.4. The Hall–Kier alpha value is -3.19. The summed E-state index contributed by atoms with van der Waals surface area (Å²) in [4.78, 5) is 41.9. The summed E-state index contributed by atoms with van der Waals surface area (Å²) in [7, 11) is 0. The third-order valence-corrected chi connectivity index (χ3v) is 5.62. The molecule has 142 valence electrons. The van der Waals surface area contributed by atoms with Gasteiger partial charge < -0.3 is 9.32 Å². The highest BCUT2D eigenvalue weighted by atomic mass is 32.1. The number of rotatable bonds is 7. The summed E-state index contributed by atoms with van der Waals surface area (Å²) in [5.41, 5.74) is 1.56. The highest BCUT2D eigenvalue weighted by Crippen LogP contribution is 2.22. The van der Waals surface area contributed by atoms with E-state index in [9.17, 15) is 14.4 Å². The molecule has 0 fully saturated rings. The van der Waals surface area contributed by atoms with Gasteiger partial charge in [0.05, 0.1) is 23.7 Å². The lowest BCUT2D eigenvalue weighted by Crippen LogP contribution is -2.43. The van der Waals surface area contributed by atoms with Crippen molar-refractivity contribution in [3.05, 3.63) is 81.9 Å². The molecule has 1 aromatic carbocycles. The Morgan fingerprint density at radius 1 is 1.04 bits per heavy atom. The van der Waals surface area contributed by atoms with Gasteiger partial charge in [-0.1, -0.05) is 18.2 Å². The zero-order valence-corrected chi connectivity index (χ0v) is 15.9. The van der Waals surface area contributed by atoms with Gasteiger partial charge in [0, 0.05) is 23.5 Å². The molecule has 3 aromatic rings. The summed E-state index contributed by atoms with van der Waals surface area (Å²) in [5, 5.41) is 2.00. The van der Waals surface area contributed by atoms with E-state index in [0.29, 0.717) is 30.6 Å². The molecule has 7 heteroatoms. The van der Waals surface area contributed by atoms with Crippen LogP contribution in [0.5, 0.6) is 0 Å². The smallest absolute Gasteiger partial charge is 0.262 e. The van der Waals surface area contributed by atoms with Crippen LogP contribution in [0.1, 0.15) is 31.2 Å². The highest BCUT2D eigenvalue weighted by Gasteiger charge is 2.37. The molecule has 0 aliphatic carbocycles. The standard InChI is InChI=1S/C21H18N2O4S/c24-19(13-23-20(25)17-5-1-2-6-18(17)21(23)26)22(12-15-8-10-27-14-15)9-7-16-4-3-11-28-16/h1-6,8,10-11,14H,7,9,12-13H2. The van der Waals surface area contributed by atoms with Crippen LogP contribution >= 0.6 is 11.3 Å². The van der Waals surface area contributed by atoms with Crippen LogP contribution in [0.3, 0.4) is 0 Å². The lowest BCUT2D eigenvalue weighted by molar-refractivity contribution is -0.132. The quantitative estimate of drug-likeness (QED) is 0.577. The van der Waals surface area contributed by atoms with Gasteiger partial charge in [-0.15, -0.1) is 11.3 Å². The predicted octanol–water partition coefficient (Wildman–Crippen LogP) is 3.21. The van der Waals surface area contributed by atoms with Gasteiger partial charge in [-0.25, -0.2) is 0 Å². The Bertz CT molecular complexity index is 960. The number of amides is 3. The zero-order chi connectivity index (χ0) is 19.5. The van der Waals surface area contributed by atoms with Crippen molar-refractivity contribution in [3.63, 3.8) is 0 Å². The number of furan rings is 1. The summed E-state index contributed by atoms with van der Waals surface area (Å²) >= 11 is 1.63. The first-order chi connectivity index (χ1) is 13.6. The summed E-state index contributed by atoms with van der Waals surface area (Å²) in [5.74, 6) is -1.11. The number of carbonyl (C=O) groups is 3. The second-order valence-electron chi connectivity index (χ2n) is 6.52.